The predicted molar refractivity (Wildman–Crippen MR) is 67.5 cm³/mol. The van der Waals surface area contributed by atoms with Gasteiger partial charge in [-0.3, -0.25) is 0 Å². The van der Waals surface area contributed by atoms with Gasteiger partial charge in [-0.05, 0) is 30.4 Å². The van der Waals surface area contributed by atoms with Crippen LogP contribution in [-0.4, -0.2) is 9.97 Å². The number of aryl methyl sites for hydroxylation is 1. The first kappa shape index (κ1) is 10.5. The van der Waals surface area contributed by atoms with Gasteiger partial charge in [0.2, 0.25) is 0 Å². The molecule has 3 heteroatoms. The second kappa shape index (κ2) is 4.72. The number of nitrogens with one attached hydrogen (secondary N) is 2. The largest absolute Gasteiger partial charge is 0.347 e. The van der Waals surface area contributed by atoms with Crippen molar-refractivity contribution in [2.24, 2.45) is 0 Å². The fraction of sp³-hybridized carbons (Fsp3) is 0.357. The first-order valence-electron chi connectivity index (χ1n) is 6.22. The van der Waals surface area contributed by atoms with Crippen LogP contribution < -0.4 is 5.32 Å². The summed E-state index contributed by atoms with van der Waals surface area (Å²) in [4.78, 5) is 7.16. The van der Waals surface area contributed by atoms with E-state index < -0.39 is 0 Å². The molecular formula is C14H17N3. The Bertz CT molecular complexity index is 476. The Morgan fingerprint density at radius 2 is 2.29 bits per heavy atom. The molecule has 88 valence electrons. The molecule has 1 atom stereocenters. The van der Waals surface area contributed by atoms with Crippen molar-refractivity contribution in [3.8, 4) is 0 Å². The zero-order chi connectivity index (χ0) is 11.5. The zero-order valence-electron chi connectivity index (χ0n) is 9.82. The molecule has 0 saturated carbocycles. The van der Waals surface area contributed by atoms with Gasteiger partial charge in [0, 0.05) is 24.5 Å². The minimum absolute atomic E-state index is 0.489. The molecule has 0 amide bonds. The maximum absolute atomic E-state index is 4.03. The molecule has 0 bridgehead atoms. The summed E-state index contributed by atoms with van der Waals surface area (Å²) in [7, 11) is 0. The van der Waals surface area contributed by atoms with Gasteiger partial charge < -0.3 is 10.3 Å². The van der Waals surface area contributed by atoms with E-state index in [1.165, 1.54) is 30.4 Å². The van der Waals surface area contributed by atoms with E-state index in [9.17, 15) is 0 Å². The van der Waals surface area contributed by atoms with Crippen molar-refractivity contribution in [1.82, 2.24) is 15.3 Å². The molecule has 0 saturated heterocycles. The summed E-state index contributed by atoms with van der Waals surface area (Å²) in [6, 6.07) is 9.26. The molecule has 2 aromatic rings. The van der Waals surface area contributed by atoms with Crippen LogP contribution in [-0.2, 0) is 13.0 Å². The number of hydrogen-bond donors (Lipinski definition) is 2. The number of H-pyrrole nitrogens is 1. The minimum atomic E-state index is 0.489. The molecule has 0 radical (unpaired) electrons. The lowest BCUT2D eigenvalue weighted by Gasteiger charge is -2.26. The highest BCUT2D eigenvalue weighted by Gasteiger charge is 2.18. The fourth-order valence-corrected chi connectivity index (χ4v) is 2.58. The summed E-state index contributed by atoms with van der Waals surface area (Å²) in [6.07, 6.45) is 7.33. The maximum atomic E-state index is 4.03. The molecule has 2 N–H and O–H groups in total. The van der Waals surface area contributed by atoms with Crippen LogP contribution in [0.25, 0.3) is 0 Å². The average molecular weight is 227 g/mol. The van der Waals surface area contributed by atoms with E-state index in [1.807, 2.05) is 6.20 Å². The topological polar surface area (TPSA) is 40.7 Å². The van der Waals surface area contributed by atoms with Gasteiger partial charge in [-0.1, -0.05) is 24.3 Å². The third kappa shape index (κ3) is 2.24. The number of rotatable bonds is 3. The molecule has 1 aliphatic rings. The van der Waals surface area contributed by atoms with Gasteiger partial charge in [-0.25, -0.2) is 4.98 Å². The molecule has 1 aromatic heterocycles. The summed E-state index contributed by atoms with van der Waals surface area (Å²) in [5, 5.41) is 3.61. The third-order valence-corrected chi connectivity index (χ3v) is 3.46. The standard InChI is InChI=1S/C14H17N3/c1-2-6-13-11(4-1)5-3-7-14(13)16-9-12-8-15-10-17-12/h1-2,4,6,8,10,14,16H,3,5,7,9H2,(H,15,17). The van der Waals surface area contributed by atoms with Crippen molar-refractivity contribution in [1.29, 1.82) is 0 Å². The SMILES string of the molecule is c1ccc2c(c1)CCCC2NCc1cnc[nH]1. The number of fused-ring (bicyclic) bond motifs is 1. The molecule has 1 unspecified atom stereocenters. The number of hydrogen-bond acceptors (Lipinski definition) is 2. The highest BCUT2D eigenvalue weighted by atomic mass is 15.0. The van der Waals surface area contributed by atoms with Gasteiger partial charge in [-0.15, -0.1) is 0 Å². The summed E-state index contributed by atoms with van der Waals surface area (Å²) in [5.74, 6) is 0. The van der Waals surface area contributed by atoms with E-state index in [0.717, 1.165) is 12.2 Å². The Labute approximate surface area is 101 Å². The van der Waals surface area contributed by atoms with Gasteiger partial charge in [0.25, 0.3) is 0 Å². The molecule has 1 aromatic carbocycles. The van der Waals surface area contributed by atoms with Crippen molar-refractivity contribution in [2.75, 3.05) is 0 Å². The Hall–Kier alpha value is -1.61. The summed E-state index contributed by atoms with van der Waals surface area (Å²) in [5.41, 5.74) is 4.12. The van der Waals surface area contributed by atoms with Crippen LogP contribution in [0.4, 0.5) is 0 Å². The van der Waals surface area contributed by atoms with Crippen LogP contribution in [0.2, 0.25) is 0 Å². The smallest absolute Gasteiger partial charge is 0.0922 e. The fourth-order valence-electron chi connectivity index (χ4n) is 2.58. The Balaban J connectivity index is 1.72. The predicted octanol–water partition coefficient (Wildman–Crippen LogP) is 2.58. The third-order valence-electron chi connectivity index (χ3n) is 3.46. The van der Waals surface area contributed by atoms with Gasteiger partial charge in [0.1, 0.15) is 0 Å². The molecule has 1 aliphatic carbocycles. The van der Waals surface area contributed by atoms with Crippen LogP contribution in [0.5, 0.6) is 0 Å². The van der Waals surface area contributed by atoms with E-state index in [0.29, 0.717) is 6.04 Å². The van der Waals surface area contributed by atoms with Crippen molar-refractivity contribution in [3.05, 3.63) is 53.6 Å². The molecule has 0 spiro atoms. The average Bonchev–Trinajstić information content (AvgIpc) is 2.89. The first-order valence-corrected chi connectivity index (χ1v) is 6.22. The number of benzene rings is 1. The lowest BCUT2D eigenvalue weighted by molar-refractivity contribution is 0.456. The van der Waals surface area contributed by atoms with Crippen LogP contribution in [0.1, 0.15) is 35.7 Å². The van der Waals surface area contributed by atoms with E-state index in [1.54, 1.807) is 6.33 Å². The van der Waals surface area contributed by atoms with Gasteiger partial charge in [0.05, 0.1) is 6.33 Å². The molecule has 17 heavy (non-hydrogen) atoms. The highest BCUT2D eigenvalue weighted by Crippen LogP contribution is 2.29. The maximum Gasteiger partial charge on any atom is 0.0922 e. The number of imidazole rings is 1. The Morgan fingerprint density at radius 3 is 3.18 bits per heavy atom. The van der Waals surface area contributed by atoms with Gasteiger partial charge in [-0.2, -0.15) is 0 Å². The summed E-state index contributed by atoms with van der Waals surface area (Å²) in [6.45, 7) is 0.860. The van der Waals surface area contributed by atoms with Crippen LogP contribution >= 0.6 is 0 Å². The summed E-state index contributed by atoms with van der Waals surface area (Å²) < 4.78 is 0. The van der Waals surface area contributed by atoms with Crippen LogP contribution in [0.3, 0.4) is 0 Å². The van der Waals surface area contributed by atoms with E-state index >= 15 is 0 Å². The van der Waals surface area contributed by atoms with Gasteiger partial charge in [0.15, 0.2) is 0 Å². The van der Waals surface area contributed by atoms with Crippen LogP contribution in [0.15, 0.2) is 36.8 Å². The molecule has 0 aliphatic heterocycles. The normalized spacial score (nSPS) is 18.9. The highest BCUT2D eigenvalue weighted by molar-refractivity contribution is 5.32. The lowest BCUT2D eigenvalue weighted by Crippen LogP contribution is -2.24. The number of nitrogens with zero attached hydrogens (tertiary/aromatic N) is 1. The molecular weight excluding hydrogens is 210 g/mol. The molecule has 1 heterocycles. The monoisotopic (exact) mass is 227 g/mol. The molecule has 3 rings (SSSR count). The second-order valence-corrected chi connectivity index (χ2v) is 4.60. The van der Waals surface area contributed by atoms with E-state index in [2.05, 4.69) is 39.6 Å². The van der Waals surface area contributed by atoms with Crippen LogP contribution in [0, 0.1) is 0 Å². The Morgan fingerprint density at radius 1 is 1.35 bits per heavy atom. The van der Waals surface area contributed by atoms with Crippen molar-refractivity contribution in [2.45, 2.75) is 31.8 Å². The first-order chi connectivity index (χ1) is 8.43. The van der Waals surface area contributed by atoms with E-state index in [-0.39, 0.29) is 0 Å². The molecule has 3 nitrogen and oxygen atoms in total. The molecule has 0 fully saturated rings. The summed E-state index contributed by atoms with van der Waals surface area (Å²) >= 11 is 0. The zero-order valence-corrected chi connectivity index (χ0v) is 9.82. The number of aromatic nitrogens is 2. The Kier molecular flexibility index (Phi) is 2.92. The van der Waals surface area contributed by atoms with Crippen molar-refractivity contribution < 1.29 is 0 Å². The second-order valence-electron chi connectivity index (χ2n) is 4.60. The van der Waals surface area contributed by atoms with Gasteiger partial charge >= 0.3 is 0 Å². The lowest BCUT2D eigenvalue weighted by atomic mass is 9.88. The number of aromatic amines is 1. The quantitative estimate of drug-likeness (QED) is 0.846. The minimum Gasteiger partial charge on any atom is -0.347 e. The van der Waals surface area contributed by atoms with E-state index in [4.69, 9.17) is 0 Å². The van der Waals surface area contributed by atoms with Crippen molar-refractivity contribution in [3.63, 3.8) is 0 Å². The van der Waals surface area contributed by atoms with Crippen molar-refractivity contribution >= 4 is 0 Å².